The van der Waals surface area contributed by atoms with Crippen molar-refractivity contribution >= 4 is 11.9 Å². The molecule has 0 saturated carbocycles. The van der Waals surface area contributed by atoms with Crippen LogP contribution in [0, 0.1) is 0 Å². The standard InChI is InChI=1S/C15H21NO5/c1-5-15(2,14(18)19)16-13(17)9-10-6-7-11(20-3)12(8-10)21-4/h6-8H,5,9H2,1-4H3,(H,16,17)(H,18,19). The zero-order valence-corrected chi connectivity index (χ0v) is 12.7. The van der Waals surface area contributed by atoms with E-state index in [1.54, 1.807) is 25.1 Å². The number of methoxy groups -OCH3 is 2. The highest BCUT2D eigenvalue weighted by Crippen LogP contribution is 2.27. The molecule has 1 amide bonds. The van der Waals surface area contributed by atoms with E-state index in [0.717, 1.165) is 0 Å². The van der Waals surface area contributed by atoms with E-state index in [4.69, 9.17) is 14.6 Å². The number of ether oxygens (including phenoxy) is 2. The first kappa shape index (κ1) is 16.8. The molecule has 0 fully saturated rings. The Morgan fingerprint density at radius 3 is 2.33 bits per heavy atom. The van der Waals surface area contributed by atoms with Crippen LogP contribution in [0.2, 0.25) is 0 Å². The van der Waals surface area contributed by atoms with Crippen LogP contribution in [0.1, 0.15) is 25.8 Å². The maximum Gasteiger partial charge on any atom is 0.329 e. The quantitative estimate of drug-likeness (QED) is 0.798. The van der Waals surface area contributed by atoms with Crippen LogP contribution >= 0.6 is 0 Å². The van der Waals surface area contributed by atoms with E-state index in [-0.39, 0.29) is 12.3 Å². The molecule has 0 bridgehead atoms. The number of carboxylic acids is 1. The van der Waals surface area contributed by atoms with E-state index < -0.39 is 11.5 Å². The second-order valence-electron chi connectivity index (χ2n) is 4.91. The van der Waals surface area contributed by atoms with Crippen LogP contribution in [-0.4, -0.2) is 36.7 Å². The van der Waals surface area contributed by atoms with Gasteiger partial charge < -0.3 is 19.9 Å². The highest BCUT2D eigenvalue weighted by Gasteiger charge is 2.32. The second kappa shape index (κ2) is 6.97. The van der Waals surface area contributed by atoms with E-state index in [2.05, 4.69) is 5.32 Å². The highest BCUT2D eigenvalue weighted by molar-refractivity contribution is 5.87. The molecule has 0 aliphatic rings. The number of amides is 1. The lowest BCUT2D eigenvalue weighted by molar-refractivity contribution is -0.146. The third kappa shape index (κ3) is 4.11. The number of hydrogen-bond donors (Lipinski definition) is 2. The van der Waals surface area contributed by atoms with E-state index >= 15 is 0 Å². The van der Waals surface area contributed by atoms with E-state index in [9.17, 15) is 9.59 Å². The van der Waals surface area contributed by atoms with Gasteiger partial charge in [0.2, 0.25) is 5.91 Å². The molecule has 0 spiro atoms. The van der Waals surface area contributed by atoms with Gasteiger partial charge in [-0.2, -0.15) is 0 Å². The van der Waals surface area contributed by atoms with Crippen molar-refractivity contribution in [3.8, 4) is 11.5 Å². The van der Waals surface area contributed by atoms with Crippen molar-refractivity contribution < 1.29 is 24.2 Å². The molecule has 6 nitrogen and oxygen atoms in total. The molecule has 1 unspecified atom stereocenters. The third-order valence-electron chi connectivity index (χ3n) is 3.41. The Morgan fingerprint density at radius 1 is 1.24 bits per heavy atom. The summed E-state index contributed by atoms with van der Waals surface area (Å²) in [5.74, 6) is -0.301. The predicted octanol–water partition coefficient (Wildman–Crippen LogP) is 1.62. The molecule has 116 valence electrons. The van der Waals surface area contributed by atoms with Gasteiger partial charge >= 0.3 is 5.97 Å². The van der Waals surface area contributed by atoms with Crippen molar-refractivity contribution in [2.75, 3.05) is 14.2 Å². The topological polar surface area (TPSA) is 84.9 Å². The number of nitrogens with one attached hydrogen (secondary N) is 1. The molecule has 0 aromatic heterocycles. The van der Waals surface area contributed by atoms with Gasteiger partial charge in [0.05, 0.1) is 20.6 Å². The van der Waals surface area contributed by atoms with Gasteiger partial charge in [0.25, 0.3) is 0 Å². The first-order valence-corrected chi connectivity index (χ1v) is 6.61. The molecule has 0 heterocycles. The van der Waals surface area contributed by atoms with E-state index in [1.165, 1.54) is 21.1 Å². The van der Waals surface area contributed by atoms with Crippen LogP contribution in [0.3, 0.4) is 0 Å². The molecular formula is C15H21NO5. The van der Waals surface area contributed by atoms with Gasteiger partial charge in [0, 0.05) is 0 Å². The maximum absolute atomic E-state index is 12.0. The molecule has 0 aliphatic heterocycles. The summed E-state index contributed by atoms with van der Waals surface area (Å²) >= 11 is 0. The molecular weight excluding hydrogens is 274 g/mol. The minimum atomic E-state index is -1.26. The van der Waals surface area contributed by atoms with Crippen molar-refractivity contribution in [3.05, 3.63) is 23.8 Å². The Kier molecular flexibility index (Phi) is 5.58. The number of carbonyl (C=O) groups excluding carboxylic acids is 1. The Bertz CT molecular complexity index is 529. The van der Waals surface area contributed by atoms with Crippen molar-refractivity contribution in [2.24, 2.45) is 0 Å². The van der Waals surface area contributed by atoms with E-state index in [1.807, 2.05) is 0 Å². The fourth-order valence-corrected chi connectivity index (χ4v) is 1.82. The Morgan fingerprint density at radius 2 is 1.86 bits per heavy atom. The summed E-state index contributed by atoms with van der Waals surface area (Å²) in [5, 5.41) is 11.7. The zero-order chi connectivity index (χ0) is 16.0. The zero-order valence-electron chi connectivity index (χ0n) is 12.7. The maximum atomic E-state index is 12.0. The molecule has 21 heavy (non-hydrogen) atoms. The van der Waals surface area contributed by atoms with Gasteiger partial charge in [-0.15, -0.1) is 0 Å². The number of aliphatic carboxylic acids is 1. The van der Waals surface area contributed by atoms with Gasteiger partial charge in [0.1, 0.15) is 5.54 Å². The summed E-state index contributed by atoms with van der Waals surface area (Å²) < 4.78 is 10.3. The average Bonchev–Trinajstić information content (AvgIpc) is 2.46. The van der Waals surface area contributed by atoms with Crippen LogP contribution in [0.5, 0.6) is 11.5 Å². The molecule has 0 aliphatic carbocycles. The molecule has 1 rings (SSSR count). The predicted molar refractivity (Wildman–Crippen MR) is 77.7 cm³/mol. The third-order valence-corrected chi connectivity index (χ3v) is 3.41. The normalized spacial score (nSPS) is 13.1. The monoisotopic (exact) mass is 295 g/mol. The van der Waals surface area contributed by atoms with Gasteiger partial charge in [-0.1, -0.05) is 13.0 Å². The minimum Gasteiger partial charge on any atom is -0.493 e. The Hall–Kier alpha value is -2.24. The Labute approximate surface area is 124 Å². The summed E-state index contributed by atoms with van der Waals surface area (Å²) in [6.45, 7) is 3.20. The van der Waals surface area contributed by atoms with Crippen LogP contribution in [0.4, 0.5) is 0 Å². The number of carbonyl (C=O) groups is 2. The minimum absolute atomic E-state index is 0.0726. The average molecular weight is 295 g/mol. The number of benzene rings is 1. The highest BCUT2D eigenvalue weighted by atomic mass is 16.5. The van der Waals surface area contributed by atoms with Crippen molar-refractivity contribution in [1.29, 1.82) is 0 Å². The van der Waals surface area contributed by atoms with Gasteiger partial charge in [0.15, 0.2) is 11.5 Å². The molecule has 6 heteroatoms. The number of hydrogen-bond acceptors (Lipinski definition) is 4. The summed E-state index contributed by atoms with van der Waals surface area (Å²) in [5.41, 5.74) is -0.540. The summed E-state index contributed by atoms with van der Waals surface area (Å²) in [6.07, 6.45) is 0.378. The molecule has 2 N–H and O–H groups in total. The summed E-state index contributed by atoms with van der Waals surface area (Å²) in [4.78, 5) is 23.2. The van der Waals surface area contributed by atoms with Crippen molar-refractivity contribution in [1.82, 2.24) is 5.32 Å². The van der Waals surface area contributed by atoms with Gasteiger partial charge in [-0.05, 0) is 31.0 Å². The van der Waals surface area contributed by atoms with Crippen LogP contribution in [-0.2, 0) is 16.0 Å². The molecule has 1 aromatic rings. The lowest BCUT2D eigenvalue weighted by atomic mass is 9.98. The SMILES string of the molecule is CCC(C)(NC(=O)Cc1ccc(OC)c(OC)c1)C(=O)O. The van der Waals surface area contributed by atoms with Gasteiger partial charge in [-0.25, -0.2) is 4.79 Å². The number of rotatable bonds is 7. The Balaban J connectivity index is 2.82. The smallest absolute Gasteiger partial charge is 0.329 e. The first-order chi connectivity index (χ1) is 9.86. The summed E-state index contributed by atoms with van der Waals surface area (Å²) in [6, 6.07) is 5.14. The molecule has 1 atom stereocenters. The fourth-order valence-electron chi connectivity index (χ4n) is 1.82. The fraction of sp³-hybridized carbons (Fsp3) is 0.467. The lowest BCUT2D eigenvalue weighted by Crippen LogP contribution is -2.52. The second-order valence-corrected chi connectivity index (χ2v) is 4.91. The van der Waals surface area contributed by atoms with Crippen LogP contribution in [0.15, 0.2) is 18.2 Å². The van der Waals surface area contributed by atoms with Crippen LogP contribution < -0.4 is 14.8 Å². The molecule has 0 radical (unpaired) electrons. The largest absolute Gasteiger partial charge is 0.493 e. The first-order valence-electron chi connectivity index (χ1n) is 6.61. The number of carboxylic acid groups (broad SMARTS) is 1. The van der Waals surface area contributed by atoms with Crippen LogP contribution in [0.25, 0.3) is 0 Å². The van der Waals surface area contributed by atoms with Gasteiger partial charge in [-0.3, -0.25) is 4.79 Å². The summed E-state index contributed by atoms with van der Waals surface area (Å²) in [7, 11) is 3.05. The molecule has 0 saturated heterocycles. The van der Waals surface area contributed by atoms with Crippen molar-refractivity contribution in [3.63, 3.8) is 0 Å². The lowest BCUT2D eigenvalue weighted by Gasteiger charge is -2.24. The van der Waals surface area contributed by atoms with Crippen molar-refractivity contribution in [2.45, 2.75) is 32.2 Å². The van der Waals surface area contributed by atoms with E-state index in [0.29, 0.717) is 23.5 Å². The molecule has 1 aromatic carbocycles.